The average Bonchev–Trinajstić information content (AvgIpc) is 3.39. The summed E-state index contributed by atoms with van der Waals surface area (Å²) in [4.78, 5) is 6.25. The lowest BCUT2D eigenvalue weighted by atomic mass is 10.0. The number of fused-ring (bicyclic) bond motifs is 2. The number of halogens is 4. The predicted octanol–water partition coefficient (Wildman–Crippen LogP) is 3.57. The maximum absolute atomic E-state index is 15.2. The van der Waals surface area contributed by atoms with E-state index >= 15 is 4.39 Å². The maximum atomic E-state index is 15.2. The van der Waals surface area contributed by atoms with Crippen LogP contribution in [0.2, 0.25) is 0 Å². The largest absolute Gasteiger partial charge is 0.479 e. The Labute approximate surface area is 197 Å². The molecule has 1 aromatic carbocycles. The first-order valence-electron chi connectivity index (χ1n) is 11.1. The first kappa shape index (κ1) is 23.3. The molecule has 5 rings (SSSR count). The Morgan fingerprint density at radius 3 is 2.77 bits per heavy atom. The lowest BCUT2D eigenvalue weighted by Crippen LogP contribution is -2.46. The summed E-state index contributed by atoms with van der Waals surface area (Å²) in [5.41, 5.74) is 1.51. The molecule has 0 spiro atoms. The third kappa shape index (κ3) is 4.13. The maximum Gasteiger partial charge on any atom is 0.260 e. The Hall–Kier alpha value is -3.48. The highest BCUT2D eigenvalue weighted by Crippen LogP contribution is 2.36. The van der Waals surface area contributed by atoms with Crippen LogP contribution in [-0.2, 0) is 0 Å². The van der Waals surface area contributed by atoms with Crippen molar-refractivity contribution in [1.29, 1.82) is 0 Å². The van der Waals surface area contributed by atoms with Crippen LogP contribution in [0.25, 0.3) is 27.7 Å². The average molecular weight is 492 g/mol. The Morgan fingerprint density at radius 1 is 1.26 bits per heavy atom. The van der Waals surface area contributed by atoms with E-state index in [-0.39, 0.29) is 29.5 Å². The number of alkyl halides is 3. The standard InChI is InChI=1S/C22H24F4N8O/c1-11(20(25)26)34-17-8-12(4-5-16(17)29-31-34)18-14(24)10-33-19(18)21(35-3)28-22(30-33)27-15-6-7-32(2)9-13(15)23/h4-5,8,10-11,13,15,20H,6-7,9H2,1-3H3,(H,27,30)/t11-,13-,15+/m1/s1. The zero-order chi connectivity index (χ0) is 24.9. The van der Waals surface area contributed by atoms with Gasteiger partial charge in [0.25, 0.3) is 6.43 Å². The van der Waals surface area contributed by atoms with Crippen molar-refractivity contribution in [2.45, 2.75) is 38.0 Å². The van der Waals surface area contributed by atoms with Gasteiger partial charge in [-0.2, -0.15) is 4.98 Å². The van der Waals surface area contributed by atoms with Gasteiger partial charge in [0.2, 0.25) is 11.8 Å². The Morgan fingerprint density at radius 2 is 2.06 bits per heavy atom. The van der Waals surface area contributed by atoms with Crippen molar-refractivity contribution in [3.05, 3.63) is 30.2 Å². The van der Waals surface area contributed by atoms with Gasteiger partial charge in [0, 0.05) is 13.1 Å². The van der Waals surface area contributed by atoms with Crippen LogP contribution in [0.15, 0.2) is 24.4 Å². The van der Waals surface area contributed by atoms with Gasteiger partial charge in [-0.05, 0) is 38.1 Å². The predicted molar refractivity (Wildman–Crippen MR) is 121 cm³/mol. The van der Waals surface area contributed by atoms with E-state index in [1.807, 2.05) is 11.9 Å². The number of piperidine rings is 1. The van der Waals surface area contributed by atoms with Crippen molar-refractivity contribution in [1.82, 2.24) is 34.5 Å². The summed E-state index contributed by atoms with van der Waals surface area (Å²) in [5, 5.41) is 15.1. The van der Waals surface area contributed by atoms with Crippen LogP contribution in [-0.4, -0.2) is 80.4 Å². The number of ether oxygens (including phenoxy) is 1. The number of likely N-dealkylation sites (tertiary alicyclic amines) is 1. The molecule has 0 radical (unpaired) electrons. The highest BCUT2D eigenvalue weighted by molar-refractivity contribution is 5.89. The zero-order valence-corrected chi connectivity index (χ0v) is 19.3. The highest BCUT2D eigenvalue weighted by Gasteiger charge is 2.29. The third-order valence-electron chi connectivity index (χ3n) is 6.32. The van der Waals surface area contributed by atoms with E-state index < -0.39 is 30.5 Å². The van der Waals surface area contributed by atoms with Gasteiger partial charge >= 0.3 is 0 Å². The first-order chi connectivity index (χ1) is 16.8. The van der Waals surface area contributed by atoms with Crippen LogP contribution < -0.4 is 10.1 Å². The smallest absolute Gasteiger partial charge is 0.260 e. The Balaban J connectivity index is 1.57. The van der Waals surface area contributed by atoms with Crippen molar-refractivity contribution in [2.24, 2.45) is 0 Å². The molecule has 4 aromatic rings. The van der Waals surface area contributed by atoms with Gasteiger partial charge in [0.05, 0.1) is 30.4 Å². The molecule has 0 aliphatic carbocycles. The van der Waals surface area contributed by atoms with Crippen LogP contribution in [0.5, 0.6) is 5.88 Å². The number of rotatable bonds is 6. The van der Waals surface area contributed by atoms with Crippen molar-refractivity contribution in [2.75, 3.05) is 32.6 Å². The van der Waals surface area contributed by atoms with Gasteiger partial charge in [-0.3, -0.25) is 0 Å². The lowest BCUT2D eigenvalue weighted by molar-refractivity contribution is 0.0866. The molecule has 0 saturated carbocycles. The van der Waals surface area contributed by atoms with Crippen LogP contribution in [0.3, 0.4) is 0 Å². The number of nitrogens with zero attached hydrogens (tertiary/aromatic N) is 7. The van der Waals surface area contributed by atoms with Crippen LogP contribution in [0.4, 0.5) is 23.5 Å². The highest BCUT2D eigenvalue weighted by atomic mass is 19.3. The summed E-state index contributed by atoms with van der Waals surface area (Å²) in [7, 11) is 3.24. The third-order valence-corrected chi connectivity index (χ3v) is 6.32. The molecule has 13 heteroatoms. The molecule has 1 saturated heterocycles. The molecule has 0 bridgehead atoms. The minimum absolute atomic E-state index is 0.0809. The molecule has 1 N–H and O–H groups in total. The quantitative estimate of drug-likeness (QED) is 0.412. The number of methoxy groups -OCH3 is 1. The summed E-state index contributed by atoms with van der Waals surface area (Å²) < 4.78 is 64.1. The van der Waals surface area contributed by atoms with E-state index in [1.165, 1.54) is 24.7 Å². The fraction of sp³-hybridized carbons (Fsp3) is 0.455. The molecular formula is C22H24F4N8O. The molecule has 1 fully saturated rings. The second-order valence-electron chi connectivity index (χ2n) is 8.72. The lowest BCUT2D eigenvalue weighted by Gasteiger charge is -2.32. The molecule has 3 atom stereocenters. The van der Waals surface area contributed by atoms with E-state index in [0.717, 1.165) is 11.2 Å². The SMILES string of the molecule is COc1nc(N[C@H]2CCN(C)C[C@H]2F)nn2cc(F)c(-c3ccc4nnn([C@H](C)C(F)F)c4c3)c12. The van der Waals surface area contributed by atoms with Gasteiger partial charge < -0.3 is 15.0 Å². The minimum Gasteiger partial charge on any atom is -0.479 e. The minimum atomic E-state index is -2.65. The van der Waals surface area contributed by atoms with Crippen molar-refractivity contribution in [3.8, 4) is 17.0 Å². The number of anilines is 1. The molecule has 4 heterocycles. The topological polar surface area (TPSA) is 85.4 Å². The fourth-order valence-corrected chi connectivity index (χ4v) is 4.38. The van der Waals surface area contributed by atoms with Crippen molar-refractivity contribution < 1.29 is 22.3 Å². The molecule has 186 valence electrons. The summed E-state index contributed by atoms with van der Waals surface area (Å²) in [6.45, 7) is 2.34. The normalized spacial score (nSPS) is 20.1. The van der Waals surface area contributed by atoms with Crippen LogP contribution >= 0.6 is 0 Å². The van der Waals surface area contributed by atoms with E-state index in [2.05, 4.69) is 25.7 Å². The molecule has 9 nitrogen and oxygen atoms in total. The number of hydrogen-bond acceptors (Lipinski definition) is 7. The Kier molecular flexibility index (Phi) is 5.95. The molecule has 35 heavy (non-hydrogen) atoms. The fourth-order valence-electron chi connectivity index (χ4n) is 4.38. The Bertz CT molecular complexity index is 1370. The summed E-state index contributed by atoms with van der Waals surface area (Å²) in [5.74, 6) is -0.424. The van der Waals surface area contributed by atoms with Crippen LogP contribution in [0, 0.1) is 5.82 Å². The summed E-state index contributed by atoms with van der Waals surface area (Å²) >= 11 is 0. The summed E-state index contributed by atoms with van der Waals surface area (Å²) in [6.07, 6.45) is -2.03. The molecule has 1 aliphatic rings. The molecule has 3 aromatic heterocycles. The number of nitrogens with one attached hydrogen (secondary N) is 1. The zero-order valence-electron chi connectivity index (χ0n) is 19.3. The van der Waals surface area contributed by atoms with Gasteiger partial charge in [-0.25, -0.2) is 26.8 Å². The van der Waals surface area contributed by atoms with E-state index in [1.54, 1.807) is 18.2 Å². The first-order valence-corrected chi connectivity index (χ1v) is 11.1. The monoisotopic (exact) mass is 492 g/mol. The van der Waals surface area contributed by atoms with E-state index in [4.69, 9.17) is 4.74 Å². The second kappa shape index (κ2) is 8.95. The van der Waals surface area contributed by atoms with Gasteiger partial charge in [-0.15, -0.1) is 10.2 Å². The molecule has 1 aliphatic heterocycles. The summed E-state index contributed by atoms with van der Waals surface area (Å²) in [6, 6.07) is 3.05. The van der Waals surface area contributed by atoms with Crippen molar-refractivity contribution >= 4 is 22.5 Å². The van der Waals surface area contributed by atoms with Crippen LogP contribution in [0.1, 0.15) is 19.4 Å². The molecule has 0 unspecified atom stereocenters. The van der Waals surface area contributed by atoms with Crippen molar-refractivity contribution in [3.63, 3.8) is 0 Å². The second-order valence-corrected chi connectivity index (χ2v) is 8.72. The van der Waals surface area contributed by atoms with E-state index in [9.17, 15) is 13.2 Å². The van der Waals surface area contributed by atoms with Gasteiger partial charge in [0.1, 0.15) is 23.2 Å². The molecular weight excluding hydrogens is 468 g/mol. The number of hydrogen-bond donors (Lipinski definition) is 1. The number of benzene rings is 1. The van der Waals surface area contributed by atoms with E-state index in [0.29, 0.717) is 23.0 Å². The molecule has 0 amide bonds. The number of aromatic nitrogens is 6. The van der Waals surface area contributed by atoms with Gasteiger partial charge in [0.15, 0.2) is 5.82 Å². The van der Waals surface area contributed by atoms with Gasteiger partial charge in [-0.1, -0.05) is 11.3 Å².